The van der Waals surface area contributed by atoms with Gasteiger partial charge in [-0.2, -0.15) is 9.82 Å². The zero-order valence-electron chi connectivity index (χ0n) is 22.1. The molecule has 1 aromatic carbocycles. The molecule has 0 saturated heterocycles. The number of carboxylic acids is 1. The van der Waals surface area contributed by atoms with Crippen LogP contribution in [0.5, 0.6) is 0 Å². The fourth-order valence-electron chi connectivity index (χ4n) is 5.06. The van der Waals surface area contributed by atoms with E-state index in [-0.39, 0.29) is 22.5 Å². The molecule has 0 amide bonds. The molecule has 214 valence electrons. The van der Waals surface area contributed by atoms with Crippen molar-refractivity contribution >= 4 is 49.5 Å². The maximum atomic E-state index is 13.6. The molecule has 1 aliphatic carbocycles. The Morgan fingerprint density at radius 1 is 1.22 bits per heavy atom. The summed E-state index contributed by atoms with van der Waals surface area (Å²) in [6.07, 6.45) is 5.09. The second kappa shape index (κ2) is 9.75. The van der Waals surface area contributed by atoms with E-state index < -0.39 is 33.8 Å². The highest BCUT2D eigenvalue weighted by molar-refractivity contribution is 7.89. The molecular formula is C26H26ClN7O6S. The van der Waals surface area contributed by atoms with Crippen LogP contribution in [0.15, 0.2) is 51.1 Å². The molecule has 0 bridgehead atoms. The fourth-order valence-corrected chi connectivity index (χ4v) is 6.27. The molecule has 0 unspecified atom stereocenters. The minimum absolute atomic E-state index is 0.175. The number of benzene rings is 1. The topological polar surface area (TPSA) is 166 Å². The van der Waals surface area contributed by atoms with Crippen LogP contribution >= 0.6 is 11.6 Å². The van der Waals surface area contributed by atoms with Gasteiger partial charge in [0.2, 0.25) is 10.0 Å². The molecular weight excluding hydrogens is 574 g/mol. The summed E-state index contributed by atoms with van der Waals surface area (Å²) >= 11 is 6.26. The molecule has 4 heterocycles. The minimum atomic E-state index is -4.18. The summed E-state index contributed by atoms with van der Waals surface area (Å²) in [5.41, 5.74) is 1.51. The van der Waals surface area contributed by atoms with Crippen LogP contribution in [0.1, 0.15) is 18.4 Å². The number of rotatable bonds is 9. The predicted molar refractivity (Wildman–Crippen MR) is 152 cm³/mol. The first-order valence-electron chi connectivity index (χ1n) is 12.8. The van der Waals surface area contributed by atoms with Crippen molar-refractivity contribution in [2.45, 2.75) is 30.8 Å². The summed E-state index contributed by atoms with van der Waals surface area (Å²) < 4.78 is 33.5. The molecule has 13 nitrogen and oxygen atoms in total. The van der Waals surface area contributed by atoms with Crippen molar-refractivity contribution < 1.29 is 18.3 Å². The molecule has 15 heteroatoms. The summed E-state index contributed by atoms with van der Waals surface area (Å²) in [6.45, 7) is -0.200. The SMILES string of the molecule is Cn1cc(S(=O)(=O)NCC(=O)O)cc1-c1c2c(=O)n(C)c(=O)n(CC3CC3)c2nn1Cc1c[nH]c2ccc(Cl)cc12. The molecule has 1 aliphatic rings. The number of carbonyl (C=O) groups is 1. The van der Waals surface area contributed by atoms with Crippen LogP contribution < -0.4 is 16.0 Å². The molecule has 0 radical (unpaired) electrons. The Bertz CT molecular complexity index is 2100. The zero-order chi connectivity index (χ0) is 29.2. The predicted octanol–water partition coefficient (Wildman–Crippen LogP) is 1.86. The van der Waals surface area contributed by atoms with Gasteiger partial charge in [-0.3, -0.25) is 23.4 Å². The van der Waals surface area contributed by atoms with Gasteiger partial charge in [0.25, 0.3) is 5.56 Å². The number of nitrogens with zero attached hydrogens (tertiary/aromatic N) is 5. The van der Waals surface area contributed by atoms with Crippen molar-refractivity contribution in [3.05, 3.63) is 68.1 Å². The largest absolute Gasteiger partial charge is 0.480 e. The van der Waals surface area contributed by atoms with Gasteiger partial charge in [-0.05, 0) is 48.6 Å². The van der Waals surface area contributed by atoms with E-state index in [9.17, 15) is 22.8 Å². The van der Waals surface area contributed by atoms with E-state index in [4.69, 9.17) is 21.8 Å². The van der Waals surface area contributed by atoms with E-state index >= 15 is 0 Å². The Balaban J connectivity index is 1.60. The van der Waals surface area contributed by atoms with E-state index in [1.165, 1.54) is 28.4 Å². The molecule has 0 atom stereocenters. The summed E-state index contributed by atoms with van der Waals surface area (Å²) in [7, 11) is -1.15. The first-order chi connectivity index (χ1) is 19.4. The van der Waals surface area contributed by atoms with Crippen molar-refractivity contribution in [1.29, 1.82) is 0 Å². The van der Waals surface area contributed by atoms with E-state index in [0.717, 1.165) is 33.9 Å². The Morgan fingerprint density at radius 2 is 1.98 bits per heavy atom. The van der Waals surface area contributed by atoms with Gasteiger partial charge >= 0.3 is 11.7 Å². The molecule has 41 heavy (non-hydrogen) atoms. The van der Waals surface area contributed by atoms with Gasteiger partial charge in [0.05, 0.1) is 12.2 Å². The first-order valence-corrected chi connectivity index (χ1v) is 14.6. The Kier molecular flexibility index (Phi) is 6.43. The van der Waals surface area contributed by atoms with Crippen molar-refractivity contribution in [2.75, 3.05) is 6.54 Å². The number of halogens is 1. The lowest BCUT2D eigenvalue weighted by Gasteiger charge is -2.09. The molecule has 0 aliphatic heterocycles. The molecule has 1 fully saturated rings. The number of nitrogens with one attached hydrogen (secondary N) is 2. The van der Waals surface area contributed by atoms with Crippen LogP contribution in [0.2, 0.25) is 5.02 Å². The Labute approximate surface area is 237 Å². The number of aromatic amines is 1. The standard InChI is InChI=1S/C26H26ClN7O6S/c1-31-13-17(41(39,40)29-10-21(35)36)8-20(31)23-22-24(33(11-14-3-4-14)26(38)32(2)25(22)37)30-34(23)12-15-9-28-19-6-5-16(27)7-18(15)19/h5-9,13-14,28-29H,3-4,10-12H2,1-2H3,(H,35,36). The highest BCUT2D eigenvalue weighted by Crippen LogP contribution is 2.34. The smallest absolute Gasteiger partial charge is 0.332 e. The highest BCUT2D eigenvalue weighted by Gasteiger charge is 2.29. The molecule has 0 spiro atoms. The average Bonchev–Trinajstić information content (AvgIpc) is 3.36. The average molecular weight is 600 g/mol. The number of aryl methyl sites for hydroxylation is 1. The van der Waals surface area contributed by atoms with Gasteiger partial charge in [0.15, 0.2) is 5.65 Å². The number of aliphatic carboxylic acids is 1. The summed E-state index contributed by atoms with van der Waals surface area (Å²) in [6, 6.07) is 6.79. The molecule has 4 aromatic heterocycles. The lowest BCUT2D eigenvalue weighted by molar-refractivity contribution is -0.135. The number of hydrogen-bond donors (Lipinski definition) is 3. The second-order valence-electron chi connectivity index (χ2n) is 10.3. The van der Waals surface area contributed by atoms with Gasteiger partial charge in [-0.1, -0.05) is 11.6 Å². The normalized spacial score (nSPS) is 13.9. The van der Waals surface area contributed by atoms with Crippen LogP contribution in [-0.2, 0) is 42.0 Å². The fraction of sp³-hybridized carbons (Fsp3) is 0.308. The van der Waals surface area contributed by atoms with E-state index in [2.05, 4.69) is 4.98 Å². The third-order valence-electron chi connectivity index (χ3n) is 7.36. The van der Waals surface area contributed by atoms with E-state index in [1.807, 2.05) is 23.1 Å². The van der Waals surface area contributed by atoms with Crippen LogP contribution in [-0.4, -0.2) is 54.5 Å². The Morgan fingerprint density at radius 3 is 2.68 bits per heavy atom. The van der Waals surface area contributed by atoms with Crippen LogP contribution in [0, 0.1) is 5.92 Å². The number of aromatic nitrogens is 6. The number of H-pyrrole nitrogens is 1. The quantitative estimate of drug-likeness (QED) is 0.232. The highest BCUT2D eigenvalue weighted by atomic mass is 35.5. The van der Waals surface area contributed by atoms with Crippen molar-refractivity contribution in [3.63, 3.8) is 0 Å². The molecule has 6 rings (SSSR count). The molecule has 1 saturated carbocycles. The van der Waals surface area contributed by atoms with Gasteiger partial charge in [0, 0.05) is 49.0 Å². The van der Waals surface area contributed by atoms with Crippen LogP contribution in [0.3, 0.4) is 0 Å². The first kappa shape index (κ1) is 27.1. The van der Waals surface area contributed by atoms with Crippen LogP contribution in [0.4, 0.5) is 0 Å². The van der Waals surface area contributed by atoms with E-state index in [0.29, 0.717) is 28.9 Å². The Hall–Kier alpha value is -4.14. The van der Waals surface area contributed by atoms with E-state index in [1.54, 1.807) is 17.8 Å². The number of fused-ring (bicyclic) bond motifs is 2. The monoisotopic (exact) mass is 599 g/mol. The van der Waals surface area contributed by atoms with Crippen molar-refractivity contribution in [2.24, 2.45) is 20.0 Å². The number of carboxylic acid groups (broad SMARTS) is 1. The number of hydrogen-bond acceptors (Lipinski definition) is 6. The van der Waals surface area contributed by atoms with Gasteiger partial charge < -0.3 is 14.7 Å². The molecule has 5 aromatic rings. The number of sulfonamides is 1. The lowest BCUT2D eigenvalue weighted by atomic mass is 10.1. The molecule has 3 N–H and O–H groups in total. The lowest BCUT2D eigenvalue weighted by Crippen LogP contribution is -2.38. The van der Waals surface area contributed by atoms with Crippen LogP contribution in [0.25, 0.3) is 33.3 Å². The third kappa shape index (κ3) is 4.77. The van der Waals surface area contributed by atoms with Gasteiger partial charge in [-0.15, -0.1) is 0 Å². The summed E-state index contributed by atoms with van der Waals surface area (Å²) in [5, 5.41) is 15.3. The van der Waals surface area contributed by atoms with Crippen molar-refractivity contribution in [3.8, 4) is 11.4 Å². The van der Waals surface area contributed by atoms with Gasteiger partial charge in [0.1, 0.15) is 22.5 Å². The maximum absolute atomic E-state index is 13.6. The third-order valence-corrected chi connectivity index (χ3v) is 8.96. The zero-order valence-corrected chi connectivity index (χ0v) is 23.7. The van der Waals surface area contributed by atoms with Crippen molar-refractivity contribution in [1.82, 2.24) is 33.2 Å². The second-order valence-corrected chi connectivity index (χ2v) is 12.5. The van der Waals surface area contributed by atoms with Gasteiger partial charge in [-0.25, -0.2) is 13.2 Å². The minimum Gasteiger partial charge on any atom is -0.480 e. The maximum Gasteiger partial charge on any atom is 0.332 e. The summed E-state index contributed by atoms with van der Waals surface area (Å²) in [4.78, 5) is 40.8. The summed E-state index contributed by atoms with van der Waals surface area (Å²) in [5.74, 6) is -1.02.